The van der Waals surface area contributed by atoms with Crippen LogP contribution in [0.3, 0.4) is 0 Å². The molecule has 5 nitrogen and oxygen atoms in total. The van der Waals surface area contributed by atoms with Gasteiger partial charge in [-0.1, -0.05) is 11.6 Å². The number of aliphatic carboxylic acids is 2. The highest BCUT2D eigenvalue weighted by molar-refractivity contribution is 6.33. The molecule has 0 radical (unpaired) electrons. The molecule has 72 valence electrons. The zero-order valence-corrected chi connectivity index (χ0v) is 7.41. The third-order valence-corrected chi connectivity index (χ3v) is 1.29. The molecule has 0 aliphatic carbocycles. The summed E-state index contributed by atoms with van der Waals surface area (Å²) in [5, 5.41) is 16.4. The van der Waals surface area contributed by atoms with Gasteiger partial charge in [-0.15, -0.1) is 0 Å². The van der Waals surface area contributed by atoms with Gasteiger partial charge in [-0.3, -0.25) is 0 Å². The van der Waals surface area contributed by atoms with E-state index in [4.69, 9.17) is 21.8 Å². The van der Waals surface area contributed by atoms with Crippen molar-refractivity contribution in [3.63, 3.8) is 0 Å². The van der Waals surface area contributed by atoms with Crippen LogP contribution in [0.5, 0.6) is 0 Å². The van der Waals surface area contributed by atoms with E-state index in [0.29, 0.717) is 6.08 Å². The summed E-state index contributed by atoms with van der Waals surface area (Å²) in [6.07, 6.45) is 1.64. The van der Waals surface area contributed by atoms with Gasteiger partial charge in [0.25, 0.3) is 0 Å². The second-order valence-electron chi connectivity index (χ2n) is 1.86. The maximum atomic E-state index is 10.4. The maximum absolute atomic E-state index is 10.4. The van der Waals surface area contributed by atoms with Crippen molar-refractivity contribution in [1.29, 1.82) is 0 Å². The van der Waals surface area contributed by atoms with E-state index in [9.17, 15) is 9.59 Å². The lowest BCUT2D eigenvalue weighted by Gasteiger charge is -1.99. The van der Waals surface area contributed by atoms with Crippen LogP contribution in [-0.2, 0) is 14.3 Å². The number of hydrogen-bond donors (Lipinski definition) is 2. The normalized spacial score (nSPS) is 12.5. The molecule has 0 amide bonds. The molecule has 2 N–H and O–H groups in total. The van der Waals surface area contributed by atoms with Gasteiger partial charge >= 0.3 is 11.9 Å². The summed E-state index contributed by atoms with van der Waals surface area (Å²) in [4.78, 5) is 20.4. The Labute approximate surface area is 78.9 Å². The van der Waals surface area contributed by atoms with Gasteiger partial charge in [0.15, 0.2) is 0 Å². The summed E-state index contributed by atoms with van der Waals surface area (Å²) in [7, 11) is 1.13. The van der Waals surface area contributed by atoms with Crippen molar-refractivity contribution in [2.24, 2.45) is 0 Å². The Morgan fingerprint density at radius 1 is 1.31 bits per heavy atom. The van der Waals surface area contributed by atoms with E-state index >= 15 is 0 Å². The van der Waals surface area contributed by atoms with E-state index < -0.39 is 17.7 Å². The Kier molecular flexibility index (Phi) is 4.61. The third kappa shape index (κ3) is 4.17. The quantitative estimate of drug-likeness (QED) is 0.404. The number of carboxylic acids is 2. The second kappa shape index (κ2) is 5.21. The van der Waals surface area contributed by atoms with Crippen molar-refractivity contribution >= 4 is 23.5 Å². The first kappa shape index (κ1) is 11.5. The highest BCUT2D eigenvalue weighted by Crippen LogP contribution is 2.11. The Hall–Kier alpha value is -1.49. The van der Waals surface area contributed by atoms with Crippen LogP contribution in [0.4, 0.5) is 0 Å². The molecule has 0 heterocycles. The van der Waals surface area contributed by atoms with Gasteiger partial charge in [-0.05, 0) is 6.08 Å². The minimum Gasteiger partial charge on any atom is -0.489 e. The average Bonchev–Trinajstić information content (AvgIpc) is 2.01. The summed E-state index contributed by atoms with van der Waals surface area (Å²) >= 11 is 5.41. The number of carboxylic acid groups (broad SMARTS) is 2. The molecule has 13 heavy (non-hydrogen) atoms. The number of carbonyl (C=O) groups is 2. The standard InChI is InChI=1S/C7H7ClO5/c1-13-6(7(11)12)4(8)2-3-5(9)10/h2-3H,1H3,(H,9,10)(H,11,12)/b3-2+,6-4+. The van der Waals surface area contributed by atoms with E-state index in [-0.39, 0.29) is 5.03 Å². The molecule has 6 heteroatoms. The van der Waals surface area contributed by atoms with Crippen LogP contribution in [0.2, 0.25) is 0 Å². The zero-order chi connectivity index (χ0) is 10.4. The predicted octanol–water partition coefficient (Wildman–Crippen LogP) is 0.809. The van der Waals surface area contributed by atoms with Crippen LogP contribution in [0.1, 0.15) is 0 Å². The Morgan fingerprint density at radius 3 is 2.15 bits per heavy atom. The molecule has 0 aliphatic rings. The number of allylic oxidation sites excluding steroid dienone is 2. The van der Waals surface area contributed by atoms with Gasteiger partial charge in [0, 0.05) is 6.08 Å². The number of hydrogen-bond acceptors (Lipinski definition) is 3. The van der Waals surface area contributed by atoms with Crippen molar-refractivity contribution in [3.8, 4) is 0 Å². The van der Waals surface area contributed by atoms with Gasteiger partial charge in [0.1, 0.15) is 0 Å². The number of halogens is 1. The Bertz CT molecular complexity index is 279. The monoisotopic (exact) mass is 206 g/mol. The van der Waals surface area contributed by atoms with Gasteiger partial charge in [-0.25, -0.2) is 9.59 Å². The van der Waals surface area contributed by atoms with Crippen molar-refractivity contribution in [2.75, 3.05) is 7.11 Å². The smallest absolute Gasteiger partial charge is 0.372 e. The number of rotatable bonds is 4. The van der Waals surface area contributed by atoms with Gasteiger partial charge in [0.05, 0.1) is 12.1 Å². The first-order valence-corrected chi connectivity index (χ1v) is 3.45. The van der Waals surface area contributed by atoms with Crippen LogP contribution in [0.25, 0.3) is 0 Å². The van der Waals surface area contributed by atoms with Crippen LogP contribution in [0.15, 0.2) is 22.9 Å². The predicted molar refractivity (Wildman–Crippen MR) is 44.3 cm³/mol. The van der Waals surface area contributed by atoms with E-state index in [2.05, 4.69) is 4.74 Å². The molecule has 0 aromatic rings. The third-order valence-electron chi connectivity index (χ3n) is 0.988. The Morgan fingerprint density at radius 2 is 1.85 bits per heavy atom. The van der Waals surface area contributed by atoms with Crippen molar-refractivity contribution in [2.45, 2.75) is 0 Å². The molecule has 0 unspecified atom stereocenters. The maximum Gasteiger partial charge on any atom is 0.372 e. The lowest BCUT2D eigenvalue weighted by Crippen LogP contribution is -2.03. The van der Waals surface area contributed by atoms with E-state index in [1.165, 1.54) is 0 Å². The van der Waals surface area contributed by atoms with Gasteiger partial charge in [-0.2, -0.15) is 0 Å². The van der Waals surface area contributed by atoms with E-state index in [0.717, 1.165) is 13.2 Å². The van der Waals surface area contributed by atoms with E-state index in [1.807, 2.05) is 0 Å². The largest absolute Gasteiger partial charge is 0.489 e. The molecular weight excluding hydrogens is 200 g/mol. The minimum atomic E-state index is -1.36. The molecule has 0 aliphatic heterocycles. The van der Waals surface area contributed by atoms with Gasteiger partial charge in [0.2, 0.25) is 5.76 Å². The lowest BCUT2D eigenvalue weighted by atomic mass is 10.4. The Balaban J connectivity index is 4.77. The molecule has 0 aromatic heterocycles. The summed E-state index contributed by atoms with van der Waals surface area (Å²) in [6, 6.07) is 0. The van der Waals surface area contributed by atoms with Crippen LogP contribution >= 0.6 is 11.6 Å². The average molecular weight is 207 g/mol. The number of ether oxygens (including phenoxy) is 1. The highest BCUT2D eigenvalue weighted by atomic mass is 35.5. The molecular formula is C7H7ClO5. The van der Waals surface area contributed by atoms with Gasteiger partial charge < -0.3 is 14.9 Å². The number of methoxy groups -OCH3 is 1. The second-order valence-corrected chi connectivity index (χ2v) is 2.27. The summed E-state index contributed by atoms with van der Waals surface area (Å²) in [5.41, 5.74) is 0. The zero-order valence-electron chi connectivity index (χ0n) is 6.65. The van der Waals surface area contributed by atoms with E-state index in [1.54, 1.807) is 0 Å². The topological polar surface area (TPSA) is 83.8 Å². The molecule has 0 aromatic carbocycles. The molecule has 0 atom stereocenters. The van der Waals surface area contributed by atoms with Crippen LogP contribution in [-0.4, -0.2) is 29.3 Å². The highest BCUT2D eigenvalue weighted by Gasteiger charge is 2.11. The molecule has 0 rings (SSSR count). The summed E-state index contributed by atoms with van der Waals surface area (Å²) in [6.45, 7) is 0. The fraction of sp³-hybridized carbons (Fsp3) is 0.143. The van der Waals surface area contributed by atoms with Crippen molar-refractivity contribution < 1.29 is 24.5 Å². The molecule has 0 spiro atoms. The SMILES string of the molecule is CO/C(C(=O)O)=C(Cl)\C=C\C(=O)O. The summed E-state index contributed by atoms with van der Waals surface area (Å²) < 4.78 is 4.41. The fourth-order valence-electron chi connectivity index (χ4n) is 0.507. The van der Waals surface area contributed by atoms with Crippen LogP contribution in [0, 0.1) is 0 Å². The minimum absolute atomic E-state index is 0.280. The molecule has 0 fully saturated rings. The molecule has 0 saturated heterocycles. The lowest BCUT2D eigenvalue weighted by molar-refractivity contribution is -0.136. The van der Waals surface area contributed by atoms with Crippen molar-refractivity contribution in [1.82, 2.24) is 0 Å². The summed E-state index contributed by atoms with van der Waals surface area (Å²) in [5.74, 6) is -3.08. The molecule has 0 bridgehead atoms. The first-order valence-electron chi connectivity index (χ1n) is 3.07. The first-order chi connectivity index (χ1) is 5.99. The van der Waals surface area contributed by atoms with Crippen LogP contribution < -0.4 is 0 Å². The fourth-order valence-corrected chi connectivity index (χ4v) is 0.728. The van der Waals surface area contributed by atoms with Crippen molar-refractivity contribution in [3.05, 3.63) is 22.9 Å². The molecule has 0 saturated carbocycles.